The lowest BCUT2D eigenvalue weighted by Gasteiger charge is -2.20. The Kier molecular flexibility index (Phi) is 7.19. The Bertz CT molecular complexity index is 920. The van der Waals surface area contributed by atoms with Crippen molar-refractivity contribution < 1.29 is 19.2 Å². The zero-order valence-electron chi connectivity index (χ0n) is 15.1. The van der Waals surface area contributed by atoms with Crippen molar-refractivity contribution in [2.45, 2.75) is 6.92 Å². The molecule has 0 aliphatic rings. The van der Waals surface area contributed by atoms with Crippen LogP contribution >= 0.6 is 23.2 Å². The fraction of sp³-hybridized carbons (Fsp3) is 0.222. The number of rotatable bonds is 7. The summed E-state index contributed by atoms with van der Waals surface area (Å²) in [5.41, 5.74) is 0.0604. The minimum absolute atomic E-state index is 0.0398. The average molecular weight is 426 g/mol. The minimum Gasteiger partial charge on any atom is -0.490 e. The van der Waals surface area contributed by atoms with Crippen LogP contribution in [0.5, 0.6) is 5.75 Å². The van der Waals surface area contributed by atoms with E-state index in [9.17, 15) is 19.7 Å². The van der Waals surface area contributed by atoms with E-state index in [1.807, 2.05) is 0 Å². The Hall–Kier alpha value is -2.84. The molecule has 0 aliphatic heterocycles. The number of carbonyl (C=O) groups is 2. The maximum Gasteiger partial charge on any atom is 0.311 e. The molecule has 0 heterocycles. The number of halogens is 2. The van der Waals surface area contributed by atoms with Gasteiger partial charge in [-0.2, -0.15) is 0 Å². The van der Waals surface area contributed by atoms with E-state index < -0.39 is 16.7 Å². The van der Waals surface area contributed by atoms with Crippen LogP contribution < -0.4 is 10.1 Å². The highest BCUT2D eigenvalue weighted by atomic mass is 35.5. The van der Waals surface area contributed by atoms with E-state index in [0.29, 0.717) is 15.7 Å². The second-order valence-electron chi connectivity index (χ2n) is 5.64. The third kappa shape index (κ3) is 5.11. The predicted octanol–water partition coefficient (Wildman–Crippen LogP) is 4.01. The summed E-state index contributed by atoms with van der Waals surface area (Å²) in [7, 11) is 1.30. The van der Waals surface area contributed by atoms with Gasteiger partial charge in [-0.3, -0.25) is 19.7 Å². The van der Waals surface area contributed by atoms with Crippen LogP contribution in [0.25, 0.3) is 0 Å². The zero-order valence-corrected chi connectivity index (χ0v) is 16.6. The molecule has 0 fully saturated rings. The molecule has 0 aliphatic carbocycles. The first-order valence-electron chi connectivity index (χ1n) is 8.13. The van der Waals surface area contributed by atoms with Crippen LogP contribution in [-0.4, -0.2) is 41.8 Å². The first-order chi connectivity index (χ1) is 13.3. The number of amides is 2. The van der Waals surface area contributed by atoms with E-state index in [2.05, 4.69) is 5.32 Å². The number of anilines is 1. The first-order valence-corrected chi connectivity index (χ1v) is 8.89. The van der Waals surface area contributed by atoms with Crippen molar-refractivity contribution in [2.24, 2.45) is 0 Å². The molecule has 2 rings (SSSR count). The third-order valence-corrected chi connectivity index (χ3v) is 4.39. The van der Waals surface area contributed by atoms with Gasteiger partial charge in [-0.05, 0) is 37.3 Å². The van der Waals surface area contributed by atoms with Crippen molar-refractivity contribution >= 4 is 46.4 Å². The second kappa shape index (κ2) is 9.38. The molecule has 2 amide bonds. The van der Waals surface area contributed by atoms with Gasteiger partial charge in [0.05, 0.1) is 22.7 Å². The molecular weight excluding hydrogens is 409 g/mol. The summed E-state index contributed by atoms with van der Waals surface area (Å²) in [5.74, 6) is -0.971. The van der Waals surface area contributed by atoms with Crippen molar-refractivity contribution in [3.63, 3.8) is 0 Å². The van der Waals surface area contributed by atoms with Crippen LogP contribution in [0.15, 0.2) is 36.4 Å². The van der Waals surface area contributed by atoms with Crippen molar-refractivity contribution in [1.29, 1.82) is 0 Å². The third-order valence-electron chi connectivity index (χ3n) is 3.83. The predicted molar refractivity (Wildman–Crippen MR) is 106 cm³/mol. The van der Waals surface area contributed by atoms with Crippen LogP contribution in [-0.2, 0) is 4.79 Å². The summed E-state index contributed by atoms with van der Waals surface area (Å²) in [6.45, 7) is 1.64. The summed E-state index contributed by atoms with van der Waals surface area (Å²) in [4.78, 5) is 36.8. The summed E-state index contributed by atoms with van der Waals surface area (Å²) in [6.07, 6.45) is 0. The molecule has 0 aromatic heterocycles. The highest BCUT2D eigenvalue weighted by molar-refractivity contribution is 6.35. The molecule has 0 saturated heterocycles. The number of hydrogen-bond acceptors (Lipinski definition) is 5. The molecule has 10 heteroatoms. The van der Waals surface area contributed by atoms with Crippen LogP contribution in [0.1, 0.15) is 17.3 Å². The monoisotopic (exact) mass is 425 g/mol. The summed E-state index contributed by atoms with van der Waals surface area (Å²) in [5, 5.41) is 14.4. The molecule has 2 aromatic carbocycles. The first kappa shape index (κ1) is 21.5. The van der Waals surface area contributed by atoms with Gasteiger partial charge in [0.15, 0.2) is 5.75 Å². The Morgan fingerprint density at radius 2 is 1.93 bits per heavy atom. The van der Waals surface area contributed by atoms with Gasteiger partial charge in [0.2, 0.25) is 5.91 Å². The number of ether oxygens (including phenoxy) is 1. The van der Waals surface area contributed by atoms with Crippen LogP contribution in [0.2, 0.25) is 10.0 Å². The van der Waals surface area contributed by atoms with E-state index in [4.69, 9.17) is 27.9 Å². The van der Waals surface area contributed by atoms with E-state index >= 15 is 0 Å². The molecule has 0 bridgehead atoms. The van der Waals surface area contributed by atoms with Crippen molar-refractivity contribution in [3.05, 3.63) is 62.1 Å². The summed E-state index contributed by atoms with van der Waals surface area (Å²) < 4.78 is 4.93. The lowest BCUT2D eigenvalue weighted by atomic mass is 10.1. The number of likely N-dealkylation sites (N-methyl/N-ethyl adjacent to an activating group) is 1. The molecule has 0 saturated carbocycles. The standard InChI is InChI=1S/C18H17Cl2N3O5/c1-3-22(10-17(24)21-14-9-12(19)5-6-13(14)20)18(25)11-4-7-16(28-2)15(8-11)23(26)27/h4-9H,3,10H2,1-2H3,(H,21,24). The number of hydrogen-bond donors (Lipinski definition) is 1. The van der Waals surface area contributed by atoms with Gasteiger partial charge in [-0.25, -0.2) is 0 Å². The number of carbonyl (C=O) groups excluding carboxylic acids is 2. The molecule has 1 N–H and O–H groups in total. The normalized spacial score (nSPS) is 10.3. The Labute approximate surface area is 171 Å². The molecule has 148 valence electrons. The highest BCUT2D eigenvalue weighted by Crippen LogP contribution is 2.28. The summed E-state index contributed by atoms with van der Waals surface area (Å²) in [6, 6.07) is 8.48. The molecule has 0 spiro atoms. The minimum atomic E-state index is -0.639. The van der Waals surface area contributed by atoms with Gasteiger partial charge in [-0.1, -0.05) is 23.2 Å². The molecule has 2 aromatic rings. The lowest BCUT2D eigenvalue weighted by molar-refractivity contribution is -0.385. The maximum absolute atomic E-state index is 12.7. The van der Waals surface area contributed by atoms with Gasteiger partial charge >= 0.3 is 5.69 Å². The fourth-order valence-corrected chi connectivity index (χ4v) is 2.77. The molecule has 28 heavy (non-hydrogen) atoms. The van der Waals surface area contributed by atoms with Crippen LogP contribution in [0, 0.1) is 10.1 Å². The van der Waals surface area contributed by atoms with Gasteiger partial charge in [0.25, 0.3) is 5.91 Å². The SMILES string of the molecule is CCN(CC(=O)Nc1cc(Cl)ccc1Cl)C(=O)c1ccc(OC)c([N+](=O)[O-])c1. The molecule has 0 atom stereocenters. The number of nitro groups is 1. The molecule has 0 unspecified atom stereocenters. The Morgan fingerprint density at radius 3 is 2.54 bits per heavy atom. The van der Waals surface area contributed by atoms with Gasteiger partial charge < -0.3 is 15.0 Å². The second-order valence-corrected chi connectivity index (χ2v) is 6.48. The topological polar surface area (TPSA) is 102 Å². The molecule has 0 radical (unpaired) electrons. The van der Waals surface area contributed by atoms with Crippen molar-refractivity contribution in [1.82, 2.24) is 4.90 Å². The van der Waals surface area contributed by atoms with E-state index in [-0.39, 0.29) is 30.1 Å². The van der Waals surface area contributed by atoms with Gasteiger partial charge in [0.1, 0.15) is 6.54 Å². The van der Waals surface area contributed by atoms with Crippen LogP contribution in [0.3, 0.4) is 0 Å². The number of nitro benzene ring substituents is 1. The number of nitrogens with one attached hydrogen (secondary N) is 1. The van der Waals surface area contributed by atoms with Gasteiger partial charge in [-0.15, -0.1) is 0 Å². The van der Waals surface area contributed by atoms with Crippen molar-refractivity contribution in [3.8, 4) is 5.75 Å². The molecule has 8 nitrogen and oxygen atoms in total. The van der Waals surface area contributed by atoms with Crippen molar-refractivity contribution in [2.75, 3.05) is 25.5 Å². The fourth-order valence-electron chi connectivity index (χ4n) is 2.43. The quantitative estimate of drug-likeness (QED) is 0.533. The zero-order chi connectivity index (χ0) is 20.8. The summed E-state index contributed by atoms with van der Waals surface area (Å²) >= 11 is 11.9. The van der Waals surface area contributed by atoms with E-state index in [1.54, 1.807) is 19.1 Å². The smallest absolute Gasteiger partial charge is 0.311 e. The van der Waals surface area contributed by atoms with E-state index in [1.165, 1.54) is 30.2 Å². The largest absolute Gasteiger partial charge is 0.490 e. The molecular formula is C18H17Cl2N3O5. The average Bonchev–Trinajstić information content (AvgIpc) is 2.67. The number of benzene rings is 2. The van der Waals surface area contributed by atoms with E-state index in [0.717, 1.165) is 6.07 Å². The van der Waals surface area contributed by atoms with Crippen LogP contribution in [0.4, 0.5) is 11.4 Å². The Morgan fingerprint density at radius 1 is 1.21 bits per heavy atom. The highest BCUT2D eigenvalue weighted by Gasteiger charge is 2.22. The number of nitrogens with zero attached hydrogens (tertiary/aromatic N) is 2. The maximum atomic E-state index is 12.7. The van der Waals surface area contributed by atoms with Gasteiger partial charge in [0, 0.05) is 23.2 Å². The Balaban J connectivity index is 2.17. The lowest BCUT2D eigenvalue weighted by Crippen LogP contribution is -2.37. The number of methoxy groups -OCH3 is 1.